The summed E-state index contributed by atoms with van der Waals surface area (Å²) in [5, 5.41) is 1.37. The van der Waals surface area contributed by atoms with E-state index in [1.807, 2.05) is 36.4 Å². The van der Waals surface area contributed by atoms with Crippen molar-refractivity contribution < 1.29 is 4.74 Å². The third kappa shape index (κ3) is 2.57. The summed E-state index contributed by atoms with van der Waals surface area (Å²) in [7, 11) is 0. The largest absolute Gasteiger partial charge is 0.431 e. The lowest BCUT2D eigenvalue weighted by Crippen LogP contribution is -1.87. The maximum Gasteiger partial charge on any atom is 0.279 e. The van der Waals surface area contributed by atoms with E-state index in [9.17, 15) is 0 Å². The van der Waals surface area contributed by atoms with E-state index >= 15 is 0 Å². The molecule has 2 N–H and O–H groups in total. The number of anilines is 1. The van der Waals surface area contributed by atoms with Crippen LogP contribution in [0, 0.1) is 0 Å². The molecule has 2 aromatic carbocycles. The average molecular weight is 305 g/mol. The molecule has 3 nitrogen and oxygen atoms in total. The molecule has 0 radical (unpaired) electrons. The zero-order chi connectivity index (χ0) is 14.1. The van der Waals surface area contributed by atoms with E-state index in [0.29, 0.717) is 5.19 Å². The highest BCUT2D eigenvalue weighted by Gasteiger charge is 2.08. The van der Waals surface area contributed by atoms with Gasteiger partial charge in [0.05, 0.1) is 10.2 Å². The molecule has 3 aromatic rings. The Balaban J connectivity index is 1.92. The van der Waals surface area contributed by atoms with Gasteiger partial charge in [0.1, 0.15) is 5.75 Å². The molecule has 0 atom stereocenters. The van der Waals surface area contributed by atoms with Crippen molar-refractivity contribution in [2.75, 3.05) is 5.73 Å². The fraction of sp³-hybridized carbons (Fsp3) is 0.133. The summed E-state index contributed by atoms with van der Waals surface area (Å²) in [6, 6.07) is 11.3. The molecule has 20 heavy (non-hydrogen) atoms. The highest BCUT2D eigenvalue weighted by molar-refractivity contribution is 7.20. The van der Waals surface area contributed by atoms with Crippen LogP contribution >= 0.6 is 22.9 Å². The summed E-state index contributed by atoms with van der Waals surface area (Å²) in [5.41, 5.74) is 8.45. The normalized spacial score (nSPS) is 10.9. The van der Waals surface area contributed by atoms with Gasteiger partial charge in [-0.25, -0.2) is 4.98 Å². The van der Waals surface area contributed by atoms with Gasteiger partial charge in [0, 0.05) is 10.7 Å². The van der Waals surface area contributed by atoms with E-state index in [4.69, 9.17) is 22.1 Å². The molecule has 0 bridgehead atoms. The van der Waals surface area contributed by atoms with Crippen molar-refractivity contribution in [3.8, 4) is 10.9 Å². The van der Waals surface area contributed by atoms with Crippen LogP contribution in [0.15, 0.2) is 36.4 Å². The van der Waals surface area contributed by atoms with Gasteiger partial charge in [-0.1, -0.05) is 29.9 Å². The Morgan fingerprint density at radius 1 is 1.25 bits per heavy atom. The molecular weight excluding hydrogens is 292 g/mol. The number of thiazole rings is 1. The number of hydrogen-bond donors (Lipinski definition) is 1. The predicted octanol–water partition coefficient (Wildman–Crippen LogP) is 4.89. The second-order valence-electron chi connectivity index (χ2n) is 4.42. The Kier molecular flexibility index (Phi) is 3.51. The topological polar surface area (TPSA) is 48.1 Å². The molecule has 1 aromatic heterocycles. The van der Waals surface area contributed by atoms with Gasteiger partial charge >= 0.3 is 0 Å². The molecule has 5 heteroatoms. The Hall–Kier alpha value is -1.78. The lowest BCUT2D eigenvalue weighted by atomic mass is 10.2. The quantitative estimate of drug-likeness (QED) is 0.701. The summed E-state index contributed by atoms with van der Waals surface area (Å²) in [6.07, 6.45) is 0.867. The van der Waals surface area contributed by atoms with Crippen molar-refractivity contribution in [2.24, 2.45) is 0 Å². The van der Waals surface area contributed by atoms with Crippen LogP contribution in [0.1, 0.15) is 12.5 Å². The third-order valence-corrected chi connectivity index (χ3v) is 4.26. The number of nitrogens with zero attached hydrogens (tertiary/aromatic N) is 1. The van der Waals surface area contributed by atoms with Crippen LogP contribution < -0.4 is 10.5 Å². The van der Waals surface area contributed by atoms with Crippen LogP contribution in [0.2, 0.25) is 5.02 Å². The highest BCUT2D eigenvalue weighted by Crippen LogP contribution is 2.33. The van der Waals surface area contributed by atoms with Gasteiger partial charge in [0.2, 0.25) is 0 Å². The van der Waals surface area contributed by atoms with Crippen molar-refractivity contribution in [1.29, 1.82) is 0 Å². The van der Waals surface area contributed by atoms with E-state index in [-0.39, 0.29) is 0 Å². The molecule has 0 fully saturated rings. The van der Waals surface area contributed by atoms with Crippen molar-refractivity contribution >= 4 is 38.8 Å². The molecule has 1 heterocycles. The Labute approximate surface area is 126 Å². The number of nitrogens with two attached hydrogens (primary N) is 1. The number of halogens is 1. The van der Waals surface area contributed by atoms with Gasteiger partial charge in [0.25, 0.3) is 5.19 Å². The van der Waals surface area contributed by atoms with Gasteiger partial charge in [-0.15, -0.1) is 0 Å². The second-order valence-corrected chi connectivity index (χ2v) is 5.82. The smallest absolute Gasteiger partial charge is 0.279 e. The Morgan fingerprint density at radius 2 is 2.10 bits per heavy atom. The van der Waals surface area contributed by atoms with Crippen LogP contribution in [0.4, 0.5) is 5.69 Å². The molecule has 0 spiro atoms. The first-order chi connectivity index (χ1) is 9.65. The van der Waals surface area contributed by atoms with Crippen molar-refractivity contribution in [2.45, 2.75) is 13.3 Å². The molecule has 0 saturated carbocycles. The Bertz CT molecular complexity index is 770. The first kappa shape index (κ1) is 13.2. The molecular formula is C15H13ClN2OS. The molecule has 0 amide bonds. The Morgan fingerprint density at radius 3 is 2.90 bits per heavy atom. The second kappa shape index (κ2) is 5.31. The molecule has 0 aliphatic carbocycles. The van der Waals surface area contributed by atoms with E-state index in [1.165, 1.54) is 11.3 Å². The fourth-order valence-electron chi connectivity index (χ4n) is 1.95. The molecule has 0 aliphatic heterocycles. The minimum atomic E-state index is 0.606. The average Bonchev–Trinajstić information content (AvgIpc) is 2.82. The molecule has 102 valence electrons. The zero-order valence-corrected chi connectivity index (χ0v) is 12.5. The van der Waals surface area contributed by atoms with E-state index in [2.05, 4.69) is 11.9 Å². The lowest BCUT2D eigenvalue weighted by molar-refractivity contribution is 0.479. The molecule has 0 saturated heterocycles. The summed E-state index contributed by atoms with van der Waals surface area (Å²) in [4.78, 5) is 4.43. The van der Waals surface area contributed by atoms with Crippen LogP contribution in [0.3, 0.4) is 0 Å². The van der Waals surface area contributed by atoms with Crippen LogP contribution in [0.25, 0.3) is 10.2 Å². The number of aromatic nitrogens is 1. The summed E-state index contributed by atoms with van der Waals surface area (Å²) in [5.74, 6) is 0.748. The van der Waals surface area contributed by atoms with Crippen molar-refractivity contribution in [1.82, 2.24) is 4.98 Å². The van der Waals surface area contributed by atoms with Gasteiger partial charge in [-0.3, -0.25) is 0 Å². The minimum absolute atomic E-state index is 0.606. The number of ether oxygens (including phenoxy) is 1. The lowest BCUT2D eigenvalue weighted by Gasteiger charge is -2.05. The molecule has 0 aliphatic rings. The van der Waals surface area contributed by atoms with E-state index in [1.54, 1.807) is 0 Å². The number of aryl methyl sites for hydroxylation is 1. The summed E-state index contributed by atoms with van der Waals surface area (Å²) < 4.78 is 6.83. The van der Waals surface area contributed by atoms with Gasteiger partial charge < -0.3 is 10.5 Å². The maximum absolute atomic E-state index is 6.10. The number of fused-ring (bicyclic) bond motifs is 1. The number of rotatable bonds is 3. The fourth-order valence-corrected chi connectivity index (χ4v) is 3.08. The zero-order valence-electron chi connectivity index (χ0n) is 10.9. The van der Waals surface area contributed by atoms with Crippen LogP contribution in [0.5, 0.6) is 10.9 Å². The first-order valence-corrected chi connectivity index (χ1v) is 7.47. The predicted molar refractivity (Wildman–Crippen MR) is 84.9 cm³/mol. The SMILES string of the molecule is CCc1cc(Oc2nc3ccc(N)cc3s2)ccc1Cl. The molecule has 0 unspecified atom stereocenters. The van der Waals surface area contributed by atoms with Crippen molar-refractivity contribution in [3.63, 3.8) is 0 Å². The van der Waals surface area contributed by atoms with Crippen molar-refractivity contribution in [3.05, 3.63) is 47.0 Å². The number of nitrogen functional groups attached to an aromatic ring is 1. The summed E-state index contributed by atoms with van der Waals surface area (Å²) in [6.45, 7) is 2.06. The van der Waals surface area contributed by atoms with Gasteiger partial charge in [0.15, 0.2) is 0 Å². The first-order valence-electron chi connectivity index (χ1n) is 6.28. The van der Waals surface area contributed by atoms with E-state index in [0.717, 1.165) is 38.7 Å². The minimum Gasteiger partial charge on any atom is -0.431 e. The summed E-state index contributed by atoms with van der Waals surface area (Å²) >= 11 is 7.58. The van der Waals surface area contributed by atoms with Gasteiger partial charge in [-0.05, 0) is 48.4 Å². The number of hydrogen-bond acceptors (Lipinski definition) is 4. The van der Waals surface area contributed by atoms with Crippen LogP contribution in [-0.2, 0) is 6.42 Å². The van der Waals surface area contributed by atoms with Gasteiger partial charge in [-0.2, -0.15) is 0 Å². The standard InChI is InChI=1S/C15H13ClN2OS/c1-2-9-7-11(4-5-12(9)16)19-15-18-13-6-3-10(17)8-14(13)20-15/h3-8H,2,17H2,1H3. The highest BCUT2D eigenvalue weighted by atomic mass is 35.5. The van der Waals surface area contributed by atoms with E-state index < -0.39 is 0 Å². The monoisotopic (exact) mass is 304 g/mol. The van der Waals surface area contributed by atoms with Crippen LogP contribution in [-0.4, -0.2) is 4.98 Å². The molecule has 3 rings (SSSR count). The third-order valence-electron chi connectivity index (χ3n) is 3.00. The number of benzene rings is 2. The maximum atomic E-state index is 6.10.